The summed E-state index contributed by atoms with van der Waals surface area (Å²) < 4.78 is 5.05. The molecule has 0 bridgehead atoms. The number of hydrogen-bond donors (Lipinski definition) is 2. The first-order valence-electron chi connectivity index (χ1n) is 8.17. The SMILES string of the molecule is CC(OC(=O)C(Cc1ccccc1)Cc1ccccc1)(C(N)=O)C(=O)O. The number of aliphatic carboxylic acids is 1. The molecule has 0 saturated carbocycles. The normalized spacial score (nSPS) is 13.0. The second kappa shape index (κ2) is 8.29. The van der Waals surface area contributed by atoms with E-state index in [1.807, 2.05) is 60.7 Å². The van der Waals surface area contributed by atoms with Crippen molar-refractivity contribution in [3.05, 3.63) is 71.8 Å². The van der Waals surface area contributed by atoms with Gasteiger partial charge in [0.15, 0.2) is 0 Å². The predicted molar refractivity (Wildman–Crippen MR) is 95.1 cm³/mol. The lowest BCUT2D eigenvalue weighted by molar-refractivity contribution is -0.182. The molecule has 1 atom stereocenters. The van der Waals surface area contributed by atoms with E-state index < -0.39 is 29.4 Å². The van der Waals surface area contributed by atoms with Gasteiger partial charge in [0, 0.05) is 0 Å². The number of hydrogen-bond acceptors (Lipinski definition) is 4. The van der Waals surface area contributed by atoms with Crippen molar-refractivity contribution in [1.82, 2.24) is 0 Å². The molecule has 2 rings (SSSR count). The van der Waals surface area contributed by atoms with E-state index in [0.29, 0.717) is 12.8 Å². The van der Waals surface area contributed by atoms with Gasteiger partial charge >= 0.3 is 11.9 Å². The molecule has 2 aromatic carbocycles. The molecule has 0 aliphatic heterocycles. The van der Waals surface area contributed by atoms with Crippen LogP contribution in [0.2, 0.25) is 0 Å². The summed E-state index contributed by atoms with van der Waals surface area (Å²) in [5.74, 6) is -4.26. The Hall–Kier alpha value is -3.15. The molecule has 1 amide bonds. The van der Waals surface area contributed by atoms with Crippen molar-refractivity contribution in [2.24, 2.45) is 11.7 Å². The number of carbonyl (C=O) groups is 3. The summed E-state index contributed by atoms with van der Waals surface area (Å²) in [6, 6.07) is 18.6. The van der Waals surface area contributed by atoms with Gasteiger partial charge < -0.3 is 15.6 Å². The van der Waals surface area contributed by atoms with Crippen LogP contribution >= 0.6 is 0 Å². The molecule has 6 heteroatoms. The summed E-state index contributed by atoms with van der Waals surface area (Å²) in [6.45, 7) is 0.984. The highest BCUT2D eigenvalue weighted by Gasteiger charge is 2.45. The Morgan fingerprint density at radius 3 is 1.73 bits per heavy atom. The standard InChI is InChI=1S/C20H21NO5/c1-20(18(21)23,19(24)25)26-17(22)16(12-14-8-4-2-5-9-14)13-15-10-6-3-7-11-15/h2-11,16H,12-13H2,1H3,(H2,21,23)(H,24,25). The second-order valence-electron chi connectivity index (χ2n) is 6.20. The molecule has 1 unspecified atom stereocenters. The lowest BCUT2D eigenvalue weighted by Crippen LogP contribution is -2.52. The topological polar surface area (TPSA) is 107 Å². The van der Waals surface area contributed by atoms with Crippen molar-refractivity contribution in [3.8, 4) is 0 Å². The number of primary amides is 1. The first kappa shape index (κ1) is 19.2. The van der Waals surface area contributed by atoms with Gasteiger partial charge in [0.05, 0.1) is 5.92 Å². The molecule has 0 aromatic heterocycles. The smallest absolute Gasteiger partial charge is 0.357 e. The average molecular weight is 355 g/mol. The van der Waals surface area contributed by atoms with E-state index >= 15 is 0 Å². The molecule has 0 saturated heterocycles. The summed E-state index contributed by atoms with van der Waals surface area (Å²) in [5, 5.41) is 9.24. The Bertz CT molecular complexity index is 718. The summed E-state index contributed by atoms with van der Waals surface area (Å²) in [5.41, 5.74) is 4.54. The van der Waals surface area contributed by atoms with Crippen molar-refractivity contribution in [3.63, 3.8) is 0 Å². The number of benzene rings is 2. The van der Waals surface area contributed by atoms with Crippen LogP contribution in [0.25, 0.3) is 0 Å². The van der Waals surface area contributed by atoms with Crippen LogP contribution in [0.3, 0.4) is 0 Å². The second-order valence-corrected chi connectivity index (χ2v) is 6.20. The van der Waals surface area contributed by atoms with Crippen molar-refractivity contribution < 1.29 is 24.2 Å². The third-order valence-corrected chi connectivity index (χ3v) is 4.17. The lowest BCUT2D eigenvalue weighted by Gasteiger charge is -2.25. The Kier molecular flexibility index (Phi) is 6.11. The number of carboxylic acids is 1. The fourth-order valence-corrected chi connectivity index (χ4v) is 2.52. The molecule has 6 nitrogen and oxygen atoms in total. The van der Waals surface area contributed by atoms with Gasteiger partial charge in [-0.15, -0.1) is 0 Å². The van der Waals surface area contributed by atoms with Crippen molar-refractivity contribution in [2.45, 2.75) is 25.4 Å². The van der Waals surface area contributed by atoms with Crippen molar-refractivity contribution in [2.75, 3.05) is 0 Å². The quantitative estimate of drug-likeness (QED) is 0.556. The van der Waals surface area contributed by atoms with E-state index in [-0.39, 0.29) is 0 Å². The first-order chi connectivity index (χ1) is 12.3. The number of amides is 1. The molecule has 0 radical (unpaired) electrons. The van der Waals surface area contributed by atoms with Crippen molar-refractivity contribution >= 4 is 17.8 Å². The Morgan fingerprint density at radius 2 is 1.38 bits per heavy atom. The number of rotatable bonds is 8. The maximum atomic E-state index is 12.7. The Balaban J connectivity index is 2.25. The van der Waals surface area contributed by atoms with Gasteiger partial charge in [0.1, 0.15) is 0 Å². The zero-order valence-corrected chi connectivity index (χ0v) is 14.4. The van der Waals surface area contributed by atoms with E-state index in [9.17, 15) is 19.5 Å². The molecule has 3 N–H and O–H groups in total. The first-order valence-corrected chi connectivity index (χ1v) is 8.17. The summed E-state index contributed by atoms with van der Waals surface area (Å²) in [7, 11) is 0. The molecular formula is C20H21NO5. The van der Waals surface area contributed by atoms with Gasteiger partial charge in [-0.05, 0) is 30.9 Å². The molecular weight excluding hydrogens is 334 g/mol. The van der Waals surface area contributed by atoms with Crippen LogP contribution in [0.15, 0.2) is 60.7 Å². The number of ether oxygens (including phenoxy) is 1. The number of esters is 1. The molecule has 0 heterocycles. The van der Waals surface area contributed by atoms with E-state index in [2.05, 4.69) is 0 Å². The van der Waals surface area contributed by atoms with Gasteiger partial charge in [-0.3, -0.25) is 9.59 Å². The van der Waals surface area contributed by atoms with Gasteiger partial charge in [-0.1, -0.05) is 60.7 Å². The third kappa shape index (κ3) is 4.69. The number of carbonyl (C=O) groups excluding carboxylic acids is 2. The maximum Gasteiger partial charge on any atom is 0.357 e. The van der Waals surface area contributed by atoms with Crippen LogP contribution in [0, 0.1) is 5.92 Å². The van der Waals surface area contributed by atoms with Crippen LogP contribution in [-0.2, 0) is 32.0 Å². The molecule has 2 aromatic rings. The zero-order chi connectivity index (χ0) is 19.2. The zero-order valence-electron chi connectivity index (χ0n) is 14.4. The summed E-state index contributed by atoms with van der Waals surface area (Å²) in [4.78, 5) is 35.5. The fourth-order valence-electron chi connectivity index (χ4n) is 2.52. The van der Waals surface area contributed by atoms with Gasteiger partial charge in [0.2, 0.25) is 0 Å². The predicted octanol–water partition coefficient (Wildman–Crippen LogP) is 1.96. The van der Waals surface area contributed by atoms with Crippen LogP contribution in [-0.4, -0.2) is 28.6 Å². The minimum absolute atomic E-state index is 0.350. The Labute approximate surface area is 151 Å². The molecule has 0 spiro atoms. The molecule has 26 heavy (non-hydrogen) atoms. The monoisotopic (exact) mass is 355 g/mol. The minimum atomic E-state index is -2.40. The highest BCUT2D eigenvalue weighted by molar-refractivity contribution is 6.05. The van der Waals surface area contributed by atoms with Crippen LogP contribution in [0.1, 0.15) is 18.1 Å². The van der Waals surface area contributed by atoms with E-state index in [4.69, 9.17) is 10.5 Å². The highest BCUT2D eigenvalue weighted by atomic mass is 16.6. The largest absolute Gasteiger partial charge is 0.478 e. The molecule has 0 aliphatic rings. The van der Waals surface area contributed by atoms with Crippen LogP contribution < -0.4 is 5.73 Å². The maximum absolute atomic E-state index is 12.7. The van der Waals surface area contributed by atoms with Crippen LogP contribution in [0.5, 0.6) is 0 Å². The number of nitrogens with two attached hydrogens (primary N) is 1. The van der Waals surface area contributed by atoms with E-state index in [1.54, 1.807) is 0 Å². The molecule has 0 aliphatic carbocycles. The van der Waals surface area contributed by atoms with Gasteiger partial charge in [-0.2, -0.15) is 0 Å². The number of carboxylic acid groups (broad SMARTS) is 1. The Morgan fingerprint density at radius 1 is 0.962 bits per heavy atom. The van der Waals surface area contributed by atoms with Crippen molar-refractivity contribution in [1.29, 1.82) is 0 Å². The van der Waals surface area contributed by atoms with Gasteiger partial charge in [0.25, 0.3) is 11.5 Å². The lowest BCUT2D eigenvalue weighted by atomic mass is 9.92. The van der Waals surface area contributed by atoms with Crippen LogP contribution in [0.4, 0.5) is 0 Å². The van der Waals surface area contributed by atoms with Gasteiger partial charge in [-0.25, -0.2) is 4.79 Å². The highest BCUT2D eigenvalue weighted by Crippen LogP contribution is 2.20. The summed E-state index contributed by atoms with van der Waals surface area (Å²) in [6.07, 6.45) is 0.700. The average Bonchev–Trinajstić information content (AvgIpc) is 2.62. The van der Waals surface area contributed by atoms with E-state index in [0.717, 1.165) is 18.1 Å². The fraction of sp³-hybridized carbons (Fsp3) is 0.250. The minimum Gasteiger partial charge on any atom is -0.478 e. The van der Waals surface area contributed by atoms with E-state index in [1.165, 1.54) is 0 Å². The third-order valence-electron chi connectivity index (χ3n) is 4.17. The summed E-state index contributed by atoms with van der Waals surface area (Å²) >= 11 is 0. The molecule has 136 valence electrons. The molecule has 0 fully saturated rings.